The third-order valence-electron chi connectivity index (χ3n) is 5.06. The lowest BCUT2D eigenvalue weighted by molar-refractivity contribution is -0.140. The van der Waals surface area contributed by atoms with Crippen LogP contribution < -0.4 is 4.74 Å². The van der Waals surface area contributed by atoms with Gasteiger partial charge in [-0.25, -0.2) is 0 Å². The normalized spacial score (nSPS) is 17.5. The highest BCUT2D eigenvalue weighted by Crippen LogP contribution is 2.31. The topological polar surface area (TPSA) is 49.9 Å². The van der Waals surface area contributed by atoms with E-state index in [1.54, 1.807) is 0 Å². The van der Waals surface area contributed by atoms with Gasteiger partial charge in [-0.3, -0.25) is 9.59 Å². The Morgan fingerprint density at radius 1 is 1.04 bits per heavy atom. The predicted octanol–water partition coefficient (Wildman–Crippen LogP) is 2.54. The molecule has 1 saturated heterocycles. The summed E-state index contributed by atoms with van der Waals surface area (Å²) in [5.41, 5.74) is 2.26. The van der Waals surface area contributed by atoms with E-state index in [2.05, 4.69) is 0 Å². The number of ether oxygens (including phenoxy) is 1. The van der Waals surface area contributed by atoms with Crippen molar-refractivity contribution in [3.63, 3.8) is 0 Å². The minimum Gasteiger partial charge on any atom is -0.493 e. The van der Waals surface area contributed by atoms with Crippen LogP contribution in [0, 0.1) is 19.8 Å². The fraction of sp³-hybridized carbons (Fsp3) is 0.600. The smallest absolute Gasteiger partial charge is 0.225 e. The number of hydrogen-bond donors (Lipinski definition) is 0. The molecule has 0 unspecified atom stereocenters. The van der Waals surface area contributed by atoms with E-state index in [9.17, 15) is 9.59 Å². The molecule has 1 aliphatic carbocycles. The third-order valence-corrected chi connectivity index (χ3v) is 5.06. The van der Waals surface area contributed by atoms with Crippen molar-refractivity contribution >= 4 is 11.8 Å². The van der Waals surface area contributed by atoms with Crippen LogP contribution in [-0.4, -0.2) is 54.4 Å². The molecule has 1 heterocycles. The highest BCUT2D eigenvalue weighted by molar-refractivity contribution is 5.81. The third kappa shape index (κ3) is 4.53. The van der Waals surface area contributed by atoms with Crippen molar-refractivity contribution in [1.29, 1.82) is 0 Å². The molecular weight excluding hydrogens is 316 g/mol. The first-order valence-electron chi connectivity index (χ1n) is 9.32. The number of carbonyl (C=O) groups excluding carboxylic acids is 2. The quantitative estimate of drug-likeness (QED) is 0.745. The number of piperazine rings is 1. The van der Waals surface area contributed by atoms with Crippen molar-refractivity contribution in [3.05, 3.63) is 29.3 Å². The van der Waals surface area contributed by atoms with Gasteiger partial charge in [0.2, 0.25) is 11.8 Å². The fourth-order valence-corrected chi connectivity index (χ4v) is 3.35. The van der Waals surface area contributed by atoms with Crippen LogP contribution in [-0.2, 0) is 9.59 Å². The first-order chi connectivity index (χ1) is 12.1. The van der Waals surface area contributed by atoms with Crippen molar-refractivity contribution in [2.24, 2.45) is 5.92 Å². The van der Waals surface area contributed by atoms with Crippen LogP contribution in [0.25, 0.3) is 0 Å². The predicted molar refractivity (Wildman–Crippen MR) is 96.5 cm³/mol. The molecule has 2 amide bonds. The first kappa shape index (κ1) is 17.8. The Morgan fingerprint density at radius 3 is 2.24 bits per heavy atom. The Hall–Kier alpha value is -2.04. The lowest BCUT2D eigenvalue weighted by Crippen LogP contribution is -2.51. The summed E-state index contributed by atoms with van der Waals surface area (Å²) in [6.07, 6.45) is 3.30. The van der Waals surface area contributed by atoms with Crippen LogP contribution in [0.1, 0.15) is 36.8 Å². The van der Waals surface area contributed by atoms with Gasteiger partial charge in [0.15, 0.2) is 0 Å². The Balaban J connectivity index is 1.36. The average molecular weight is 344 g/mol. The van der Waals surface area contributed by atoms with Gasteiger partial charge in [-0.15, -0.1) is 0 Å². The van der Waals surface area contributed by atoms with Gasteiger partial charge < -0.3 is 14.5 Å². The van der Waals surface area contributed by atoms with E-state index in [4.69, 9.17) is 4.74 Å². The molecule has 3 rings (SSSR count). The zero-order chi connectivity index (χ0) is 17.8. The maximum atomic E-state index is 12.3. The van der Waals surface area contributed by atoms with Gasteiger partial charge in [-0.2, -0.15) is 0 Å². The Bertz CT molecular complexity index is 612. The van der Waals surface area contributed by atoms with E-state index in [0.29, 0.717) is 45.6 Å². The zero-order valence-corrected chi connectivity index (χ0v) is 15.3. The van der Waals surface area contributed by atoms with E-state index in [1.807, 2.05) is 41.8 Å². The van der Waals surface area contributed by atoms with Crippen LogP contribution in [0.15, 0.2) is 18.2 Å². The zero-order valence-electron chi connectivity index (χ0n) is 15.3. The minimum atomic E-state index is 0.170. The lowest BCUT2D eigenvalue weighted by Gasteiger charge is -2.35. The lowest BCUT2D eigenvalue weighted by atomic mass is 10.1. The molecule has 0 bridgehead atoms. The summed E-state index contributed by atoms with van der Waals surface area (Å²) in [5, 5.41) is 0. The molecule has 2 aliphatic rings. The van der Waals surface area contributed by atoms with Crippen molar-refractivity contribution in [2.75, 3.05) is 32.8 Å². The SMILES string of the molecule is Cc1cccc(C)c1OCCCC(=O)N1CCN(C(=O)C2CC2)CC1. The van der Waals surface area contributed by atoms with Crippen LogP contribution in [0.3, 0.4) is 0 Å². The summed E-state index contributed by atoms with van der Waals surface area (Å²) >= 11 is 0. The molecule has 0 radical (unpaired) electrons. The van der Waals surface area contributed by atoms with Crippen LogP contribution >= 0.6 is 0 Å². The molecule has 1 aromatic rings. The number of rotatable bonds is 6. The van der Waals surface area contributed by atoms with E-state index < -0.39 is 0 Å². The summed E-state index contributed by atoms with van der Waals surface area (Å²) < 4.78 is 5.86. The molecule has 0 N–H and O–H groups in total. The van der Waals surface area contributed by atoms with E-state index in [0.717, 1.165) is 29.7 Å². The Morgan fingerprint density at radius 2 is 1.64 bits per heavy atom. The van der Waals surface area contributed by atoms with Gasteiger partial charge in [-0.1, -0.05) is 18.2 Å². The highest BCUT2D eigenvalue weighted by Gasteiger charge is 2.35. The van der Waals surface area contributed by atoms with Gasteiger partial charge in [0.05, 0.1) is 6.61 Å². The van der Waals surface area contributed by atoms with Crippen molar-refractivity contribution in [2.45, 2.75) is 39.5 Å². The van der Waals surface area contributed by atoms with Gasteiger partial charge in [0.1, 0.15) is 5.75 Å². The average Bonchev–Trinajstić information content (AvgIpc) is 3.45. The monoisotopic (exact) mass is 344 g/mol. The summed E-state index contributed by atoms with van der Waals surface area (Å²) in [5.74, 6) is 1.66. The molecule has 1 aromatic carbocycles. The maximum Gasteiger partial charge on any atom is 0.225 e. The van der Waals surface area contributed by atoms with Crippen molar-refractivity contribution in [3.8, 4) is 5.75 Å². The van der Waals surface area contributed by atoms with Gasteiger partial charge >= 0.3 is 0 Å². The number of carbonyl (C=O) groups is 2. The van der Waals surface area contributed by atoms with Crippen LogP contribution in [0.5, 0.6) is 5.75 Å². The summed E-state index contributed by atoms with van der Waals surface area (Å²) in [6, 6.07) is 6.10. The minimum absolute atomic E-state index is 0.170. The number of para-hydroxylation sites is 1. The van der Waals surface area contributed by atoms with E-state index >= 15 is 0 Å². The summed E-state index contributed by atoms with van der Waals surface area (Å²) in [6.45, 7) is 7.31. The van der Waals surface area contributed by atoms with Gasteiger partial charge in [0.25, 0.3) is 0 Å². The van der Waals surface area contributed by atoms with Crippen molar-refractivity contribution in [1.82, 2.24) is 9.80 Å². The molecule has 0 atom stereocenters. The molecule has 0 aromatic heterocycles. The Kier molecular flexibility index (Phi) is 5.61. The summed E-state index contributed by atoms with van der Waals surface area (Å²) in [7, 11) is 0. The highest BCUT2D eigenvalue weighted by atomic mass is 16.5. The number of amides is 2. The molecule has 1 aliphatic heterocycles. The fourth-order valence-electron chi connectivity index (χ4n) is 3.35. The number of aryl methyl sites for hydroxylation is 2. The van der Waals surface area contributed by atoms with Gasteiger partial charge in [-0.05, 0) is 44.2 Å². The standard InChI is InChI=1S/C20H28N2O3/c1-15-5-3-6-16(2)19(15)25-14-4-7-18(23)21-10-12-22(13-11-21)20(24)17-8-9-17/h3,5-6,17H,4,7-14H2,1-2H3. The van der Waals surface area contributed by atoms with Crippen LogP contribution in [0.2, 0.25) is 0 Å². The molecule has 5 nitrogen and oxygen atoms in total. The maximum absolute atomic E-state index is 12.3. The first-order valence-corrected chi connectivity index (χ1v) is 9.32. The van der Waals surface area contributed by atoms with Gasteiger partial charge in [0, 0.05) is 38.5 Å². The van der Waals surface area contributed by atoms with Crippen LogP contribution in [0.4, 0.5) is 0 Å². The largest absolute Gasteiger partial charge is 0.493 e. The molecule has 2 fully saturated rings. The number of hydrogen-bond acceptors (Lipinski definition) is 3. The molecular formula is C20H28N2O3. The molecule has 25 heavy (non-hydrogen) atoms. The summed E-state index contributed by atoms with van der Waals surface area (Å²) in [4.78, 5) is 28.2. The van der Waals surface area contributed by atoms with E-state index in [-0.39, 0.29) is 17.7 Å². The molecule has 5 heteroatoms. The second-order valence-electron chi connectivity index (χ2n) is 7.15. The Labute approximate surface area is 149 Å². The number of benzene rings is 1. The number of nitrogens with zero attached hydrogens (tertiary/aromatic N) is 2. The molecule has 1 saturated carbocycles. The second kappa shape index (κ2) is 7.89. The van der Waals surface area contributed by atoms with Crippen molar-refractivity contribution < 1.29 is 14.3 Å². The molecule has 0 spiro atoms. The second-order valence-corrected chi connectivity index (χ2v) is 7.15. The molecule has 136 valence electrons. The van der Waals surface area contributed by atoms with E-state index in [1.165, 1.54) is 0 Å².